The lowest BCUT2D eigenvalue weighted by Crippen LogP contribution is -1.96. The number of rotatable bonds is 4. The number of ether oxygens (including phenoxy) is 1. The number of pyridine rings is 1. The first kappa shape index (κ1) is 13.9. The van der Waals surface area contributed by atoms with Crippen LogP contribution in [0.1, 0.15) is 13.3 Å². The molecule has 0 fully saturated rings. The van der Waals surface area contributed by atoms with Crippen LogP contribution in [-0.4, -0.2) is 16.0 Å². The number of aromatic nitrogens is 2. The molecule has 21 heavy (non-hydrogen) atoms. The third kappa shape index (κ3) is 2.74. The van der Waals surface area contributed by atoms with E-state index < -0.39 is 0 Å². The van der Waals surface area contributed by atoms with Crippen LogP contribution in [0.15, 0.2) is 47.1 Å². The second kappa shape index (κ2) is 5.77. The van der Waals surface area contributed by atoms with Crippen LogP contribution in [0.2, 0.25) is 0 Å². The Morgan fingerprint density at radius 3 is 2.95 bits per heavy atom. The Bertz CT molecular complexity index is 782. The molecule has 0 saturated heterocycles. The lowest BCUT2D eigenvalue weighted by Gasteiger charge is -2.06. The highest BCUT2D eigenvalue weighted by atomic mass is 79.9. The summed E-state index contributed by atoms with van der Waals surface area (Å²) in [5.74, 6) is 1.46. The van der Waals surface area contributed by atoms with Gasteiger partial charge in [0.05, 0.1) is 6.61 Å². The second-order valence-electron chi connectivity index (χ2n) is 4.80. The van der Waals surface area contributed by atoms with Gasteiger partial charge in [-0.1, -0.05) is 19.1 Å². The van der Waals surface area contributed by atoms with E-state index in [4.69, 9.17) is 10.5 Å². The number of benzene rings is 1. The molecular formula is C16H16BrN3O. The van der Waals surface area contributed by atoms with Crippen molar-refractivity contribution in [2.75, 3.05) is 12.3 Å². The molecule has 2 aromatic heterocycles. The largest absolute Gasteiger partial charge is 0.494 e. The van der Waals surface area contributed by atoms with Crippen LogP contribution in [0.5, 0.6) is 5.75 Å². The predicted molar refractivity (Wildman–Crippen MR) is 88.5 cm³/mol. The minimum absolute atomic E-state index is 0.624. The van der Waals surface area contributed by atoms with Gasteiger partial charge in [-0.15, -0.1) is 0 Å². The lowest BCUT2D eigenvalue weighted by molar-refractivity contribution is 0.317. The first-order chi connectivity index (χ1) is 10.2. The van der Waals surface area contributed by atoms with Gasteiger partial charge in [0.1, 0.15) is 22.9 Å². The average Bonchev–Trinajstić information content (AvgIpc) is 2.82. The number of fused-ring (bicyclic) bond motifs is 1. The molecule has 0 bridgehead atoms. The summed E-state index contributed by atoms with van der Waals surface area (Å²) in [6.45, 7) is 2.79. The molecule has 0 saturated carbocycles. The topological polar surface area (TPSA) is 52.5 Å². The molecule has 0 unspecified atom stereocenters. The van der Waals surface area contributed by atoms with Gasteiger partial charge in [-0.3, -0.25) is 4.40 Å². The van der Waals surface area contributed by atoms with Crippen LogP contribution >= 0.6 is 15.9 Å². The third-order valence-corrected chi connectivity index (χ3v) is 3.67. The molecule has 0 atom stereocenters. The van der Waals surface area contributed by atoms with Gasteiger partial charge in [-0.2, -0.15) is 0 Å². The van der Waals surface area contributed by atoms with E-state index in [0.717, 1.165) is 33.5 Å². The van der Waals surface area contributed by atoms with Gasteiger partial charge < -0.3 is 10.5 Å². The average molecular weight is 346 g/mol. The molecular weight excluding hydrogens is 330 g/mol. The normalized spacial score (nSPS) is 11.0. The Morgan fingerprint density at radius 1 is 1.29 bits per heavy atom. The molecule has 2 N–H and O–H groups in total. The fourth-order valence-corrected chi connectivity index (χ4v) is 2.54. The summed E-state index contributed by atoms with van der Waals surface area (Å²) in [5, 5.41) is 0. The predicted octanol–water partition coefficient (Wildman–Crippen LogP) is 4.13. The van der Waals surface area contributed by atoms with Crippen molar-refractivity contribution in [1.82, 2.24) is 9.38 Å². The van der Waals surface area contributed by atoms with E-state index in [1.165, 1.54) is 0 Å². The smallest absolute Gasteiger partial charge is 0.139 e. The maximum Gasteiger partial charge on any atom is 0.139 e. The number of nitrogens with two attached hydrogens (primary N) is 1. The summed E-state index contributed by atoms with van der Waals surface area (Å²) < 4.78 is 8.51. The molecule has 0 aliphatic carbocycles. The number of anilines is 1. The van der Waals surface area contributed by atoms with Gasteiger partial charge in [0.25, 0.3) is 0 Å². The summed E-state index contributed by atoms with van der Waals surface area (Å²) in [4.78, 5) is 4.61. The first-order valence-corrected chi connectivity index (χ1v) is 7.64. The SMILES string of the molecule is CCCOc1cccc(-c2nc3ccc(Br)cn3c2N)c1. The molecule has 0 amide bonds. The third-order valence-electron chi connectivity index (χ3n) is 3.20. The standard InChI is InChI=1S/C16H16BrN3O/c1-2-8-21-13-5-3-4-11(9-13)15-16(18)20-10-12(17)6-7-14(20)19-15/h3-7,9-10H,2,8,18H2,1H3. The number of imidazole rings is 1. The molecule has 3 aromatic rings. The Hall–Kier alpha value is -2.01. The van der Waals surface area contributed by atoms with Crippen molar-refractivity contribution in [3.05, 3.63) is 47.1 Å². The molecule has 108 valence electrons. The van der Waals surface area contributed by atoms with Crippen molar-refractivity contribution in [3.8, 4) is 17.0 Å². The van der Waals surface area contributed by atoms with Crippen LogP contribution < -0.4 is 10.5 Å². The van der Waals surface area contributed by atoms with Crippen molar-refractivity contribution in [3.63, 3.8) is 0 Å². The first-order valence-electron chi connectivity index (χ1n) is 6.85. The minimum atomic E-state index is 0.624. The van der Waals surface area contributed by atoms with Crippen LogP contribution in [-0.2, 0) is 0 Å². The fraction of sp³-hybridized carbons (Fsp3) is 0.188. The Kier molecular flexibility index (Phi) is 3.84. The summed E-state index contributed by atoms with van der Waals surface area (Å²) in [6.07, 6.45) is 2.90. The van der Waals surface area contributed by atoms with Gasteiger partial charge in [0, 0.05) is 16.2 Å². The highest BCUT2D eigenvalue weighted by molar-refractivity contribution is 9.10. The maximum atomic E-state index is 6.23. The number of hydrogen-bond donors (Lipinski definition) is 1. The Labute approximate surface area is 131 Å². The Balaban J connectivity index is 2.05. The minimum Gasteiger partial charge on any atom is -0.494 e. The summed E-state index contributed by atoms with van der Waals surface area (Å²) >= 11 is 3.45. The van der Waals surface area contributed by atoms with E-state index in [9.17, 15) is 0 Å². The molecule has 4 nitrogen and oxygen atoms in total. The zero-order valence-electron chi connectivity index (χ0n) is 11.7. The van der Waals surface area contributed by atoms with Crippen molar-refractivity contribution in [2.24, 2.45) is 0 Å². The van der Waals surface area contributed by atoms with E-state index in [-0.39, 0.29) is 0 Å². The van der Waals surface area contributed by atoms with Gasteiger partial charge in [0.15, 0.2) is 0 Å². The number of halogens is 1. The van der Waals surface area contributed by atoms with Crippen molar-refractivity contribution in [1.29, 1.82) is 0 Å². The van der Waals surface area contributed by atoms with Crippen LogP contribution in [0.25, 0.3) is 16.9 Å². The molecule has 5 heteroatoms. The molecule has 0 spiro atoms. The summed E-state index contributed by atoms with van der Waals surface area (Å²) in [5.41, 5.74) is 8.79. The summed E-state index contributed by atoms with van der Waals surface area (Å²) in [7, 11) is 0. The maximum absolute atomic E-state index is 6.23. The Morgan fingerprint density at radius 2 is 2.14 bits per heavy atom. The van der Waals surface area contributed by atoms with Gasteiger partial charge in [0.2, 0.25) is 0 Å². The molecule has 0 aliphatic heterocycles. The van der Waals surface area contributed by atoms with Gasteiger partial charge in [-0.05, 0) is 46.6 Å². The van der Waals surface area contributed by atoms with E-state index in [2.05, 4.69) is 27.8 Å². The molecule has 0 radical (unpaired) electrons. The second-order valence-corrected chi connectivity index (χ2v) is 5.71. The fourth-order valence-electron chi connectivity index (χ4n) is 2.20. The van der Waals surface area contributed by atoms with Crippen LogP contribution in [0, 0.1) is 0 Å². The quantitative estimate of drug-likeness (QED) is 0.773. The monoisotopic (exact) mass is 345 g/mol. The zero-order valence-corrected chi connectivity index (χ0v) is 13.3. The van der Waals surface area contributed by atoms with Crippen molar-refractivity contribution in [2.45, 2.75) is 13.3 Å². The van der Waals surface area contributed by atoms with E-state index in [0.29, 0.717) is 12.4 Å². The highest BCUT2D eigenvalue weighted by Gasteiger charge is 2.12. The molecule has 2 heterocycles. The van der Waals surface area contributed by atoms with E-state index in [1.54, 1.807) is 0 Å². The molecule has 1 aromatic carbocycles. The van der Waals surface area contributed by atoms with Crippen molar-refractivity contribution < 1.29 is 4.74 Å². The van der Waals surface area contributed by atoms with Crippen molar-refractivity contribution >= 4 is 27.4 Å². The lowest BCUT2D eigenvalue weighted by atomic mass is 10.1. The van der Waals surface area contributed by atoms with Gasteiger partial charge in [-0.25, -0.2) is 4.98 Å². The van der Waals surface area contributed by atoms with Crippen LogP contribution in [0.4, 0.5) is 5.82 Å². The number of nitrogen functional groups attached to an aromatic ring is 1. The van der Waals surface area contributed by atoms with Crippen LogP contribution in [0.3, 0.4) is 0 Å². The summed E-state index contributed by atoms with van der Waals surface area (Å²) in [6, 6.07) is 11.8. The number of hydrogen-bond acceptors (Lipinski definition) is 3. The van der Waals surface area contributed by atoms with E-state index >= 15 is 0 Å². The molecule has 0 aliphatic rings. The van der Waals surface area contributed by atoms with Gasteiger partial charge >= 0.3 is 0 Å². The van der Waals surface area contributed by atoms with E-state index in [1.807, 2.05) is 47.0 Å². The highest BCUT2D eigenvalue weighted by Crippen LogP contribution is 2.29. The number of nitrogens with zero attached hydrogens (tertiary/aromatic N) is 2. The zero-order chi connectivity index (χ0) is 14.8. The molecule has 3 rings (SSSR count).